The van der Waals surface area contributed by atoms with E-state index in [2.05, 4.69) is 34.6 Å². The van der Waals surface area contributed by atoms with Crippen molar-refractivity contribution in [3.05, 3.63) is 42.1 Å². The summed E-state index contributed by atoms with van der Waals surface area (Å²) in [5.74, 6) is 0.563. The zero-order chi connectivity index (χ0) is 13.1. The minimum absolute atomic E-state index is 0.214. The van der Waals surface area contributed by atoms with Gasteiger partial charge in [0.2, 0.25) is 0 Å². The van der Waals surface area contributed by atoms with Crippen molar-refractivity contribution in [1.82, 2.24) is 10.3 Å². The lowest BCUT2D eigenvalue weighted by Gasteiger charge is -2.32. The first-order chi connectivity index (χ1) is 9.38. The highest BCUT2D eigenvalue weighted by Crippen LogP contribution is 2.34. The topological polar surface area (TPSA) is 34.1 Å². The molecule has 1 aliphatic rings. The summed E-state index contributed by atoms with van der Waals surface area (Å²) in [6.45, 7) is 1.88. The summed E-state index contributed by atoms with van der Waals surface area (Å²) in [6, 6.07) is 10.6. The second-order valence-electron chi connectivity index (χ2n) is 5.21. The van der Waals surface area contributed by atoms with Gasteiger partial charge in [0, 0.05) is 30.7 Å². The Morgan fingerprint density at radius 2 is 2.32 bits per heavy atom. The summed E-state index contributed by atoms with van der Waals surface area (Å²) in [7, 11) is 2.01. The molecule has 1 aromatic carbocycles. The Morgan fingerprint density at radius 1 is 1.37 bits per heavy atom. The average molecular weight is 256 g/mol. The Balaban J connectivity index is 1.92. The van der Waals surface area contributed by atoms with E-state index in [1.165, 1.54) is 17.4 Å². The van der Waals surface area contributed by atoms with Crippen LogP contribution in [0.2, 0.25) is 0 Å². The van der Waals surface area contributed by atoms with Crippen LogP contribution in [0.25, 0.3) is 10.9 Å². The molecule has 2 atom stereocenters. The molecule has 0 saturated carbocycles. The number of hydrogen-bond donors (Lipinski definition) is 1. The van der Waals surface area contributed by atoms with E-state index in [0.717, 1.165) is 25.1 Å². The molecule has 100 valence electrons. The van der Waals surface area contributed by atoms with Crippen LogP contribution in [0.4, 0.5) is 0 Å². The van der Waals surface area contributed by atoms with Crippen molar-refractivity contribution in [2.24, 2.45) is 5.92 Å². The lowest BCUT2D eigenvalue weighted by molar-refractivity contribution is -0.0271. The van der Waals surface area contributed by atoms with E-state index in [0.29, 0.717) is 5.92 Å². The molecular weight excluding hydrogens is 236 g/mol. The van der Waals surface area contributed by atoms with Crippen LogP contribution in [0.3, 0.4) is 0 Å². The molecule has 0 radical (unpaired) electrons. The number of ether oxygens (including phenoxy) is 1. The lowest BCUT2D eigenvalue weighted by atomic mass is 9.89. The number of fused-ring (bicyclic) bond motifs is 1. The molecule has 0 amide bonds. The van der Waals surface area contributed by atoms with Gasteiger partial charge in [-0.05, 0) is 43.7 Å². The first-order valence-electron chi connectivity index (χ1n) is 6.99. The van der Waals surface area contributed by atoms with E-state index in [-0.39, 0.29) is 6.10 Å². The van der Waals surface area contributed by atoms with Crippen molar-refractivity contribution in [2.45, 2.75) is 18.9 Å². The molecule has 2 unspecified atom stereocenters. The Bertz CT molecular complexity index is 553. The first kappa shape index (κ1) is 12.6. The van der Waals surface area contributed by atoms with Gasteiger partial charge in [-0.1, -0.05) is 12.1 Å². The summed E-state index contributed by atoms with van der Waals surface area (Å²) < 4.78 is 6.02. The number of pyridine rings is 1. The van der Waals surface area contributed by atoms with Gasteiger partial charge >= 0.3 is 0 Å². The van der Waals surface area contributed by atoms with Gasteiger partial charge in [-0.2, -0.15) is 0 Å². The fourth-order valence-electron chi connectivity index (χ4n) is 2.95. The van der Waals surface area contributed by atoms with E-state index in [1.54, 1.807) is 0 Å². The minimum Gasteiger partial charge on any atom is -0.373 e. The molecule has 1 aromatic heterocycles. The van der Waals surface area contributed by atoms with Crippen molar-refractivity contribution in [2.75, 3.05) is 20.2 Å². The maximum Gasteiger partial charge on any atom is 0.0865 e. The minimum atomic E-state index is 0.214. The lowest BCUT2D eigenvalue weighted by Crippen LogP contribution is -2.30. The van der Waals surface area contributed by atoms with Crippen LogP contribution in [0.15, 0.2) is 36.5 Å². The van der Waals surface area contributed by atoms with E-state index >= 15 is 0 Å². The Kier molecular flexibility index (Phi) is 3.76. The number of benzene rings is 1. The van der Waals surface area contributed by atoms with E-state index in [1.807, 2.05) is 19.3 Å². The van der Waals surface area contributed by atoms with Gasteiger partial charge in [0.25, 0.3) is 0 Å². The first-order valence-corrected chi connectivity index (χ1v) is 6.99. The van der Waals surface area contributed by atoms with Gasteiger partial charge in [0.05, 0.1) is 11.6 Å². The molecule has 2 aromatic rings. The molecular formula is C16H20N2O. The molecule has 3 nitrogen and oxygen atoms in total. The molecule has 19 heavy (non-hydrogen) atoms. The van der Waals surface area contributed by atoms with Crippen molar-refractivity contribution < 1.29 is 4.74 Å². The molecule has 0 spiro atoms. The predicted octanol–water partition coefficient (Wildman–Crippen LogP) is 2.92. The number of nitrogens with zero attached hydrogens (tertiary/aromatic N) is 1. The zero-order valence-corrected chi connectivity index (χ0v) is 11.3. The van der Waals surface area contributed by atoms with E-state index in [9.17, 15) is 0 Å². The van der Waals surface area contributed by atoms with Gasteiger partial charge in [-0.25, -0.2) is 0 Å². The number of nitrogens with one attached hydrogen (secondary N) is 1. The van der Waals surface area contributed by atoms with Gasteiger partial charge < -0.3 is 10.1 Å². The third-order valence-corrected chi connectivity index (χ3v) is 3.87. The number of rotatable bonds is 3. The molecule has 2 heterocycles. The van der Waals surface area contributed by atoms with E-state index < -0.39 is 0 Å². The standard InChI is InChI=1S/C16H20N2O/c1-17-11-14-5-3-9-19-16(14)13-6-7-15-12(10-13)4-2-8-18-15/h2,4,6-8,10,14,16-17H,3,5,9,11H2,1H3. The number of aromatic nitrogens is 1. The quantitative estimate of drug-likeness (QED) is 0.917. The van der Waals surface area contributed by atoms with Crippen molar-refractivity contribution in [3.8, 4) is 0 Å². The van der Waals surface area contributed by atoms with E-state index in [4.69, 9.17) is 4.74 Å². The third kappa shape index (κ3) is 2.62. The molecule has 1 fully saturated rings. The third-order valence-electron chi connectivity index (χ3n) is 3.87. The second-order valence-corrected chi connectivity index (χ2v) is 5.21. The molecule has 1 saturated heterocycles. The monoisotopic (exact) mass is 256 g/mol. The molecule has 3 rings (SSSR count). The van der Waals surface area contributed by atoms with Crippen LogP contribution < -0.4 is 5.32 Å². The highest BCUT2D eigenvalue weighted by molar-refractivity contribution is 5.79. The van der Waals surface area contributed by atoms with Crippen LogP contribution in [-0.4, -0.2) is 25.2 Å². The SMILES string of the molecule is CNCC1CCCOC1c1ccc2ncccc2c1. The van der Waals surface area contributed by atoms with Gasteiger partial charge in [0.15, 0.2) is 0 Å². The average Bonchev–Trinajstić information content (AvgIpc) is 2.48. The van der Waals surface area contributed by atoms with Crippen LogP contribution >= 0.6 is 0 Å². The molecule has 0 bridgehead atoms. The normalized spacial score (nSPS) is 23.6. The van der Waals surface area contributed by atoms with Crippen LogP contribution in [0.1, 0.15) is 24.5 Å². The van der Waals surface area contributed by atoms with Crippen LogP contribution in [0.5, 0.6) is 0 Å². The van der Waals surface area contributed by atoms with Crippen molar-refractivity contribution in [1.29, 1.82) is 0 Å². The summed E-state index contributed by atoms with van der Waals surface area (Å²) in [6.07, 6.45) is 4.45. The van der Waals surface area contributed by atoms with Crippen LogP contribution in [0, 0.1) is 5.92 Å². The van der Waals surface area contributed by atoms with Crippen LogP contribution in [-0.2, 0) is 4.74 Å². The Labute approximate surface area is 114 Å². The maximum absolute atomic E-state index is 6.02. The highest BCUT2D eigenvalue weighted by Gasteiger charge is 2.26. The summed E-state index contributed by atoms with van der Waals surface area (Å²) >= 11 is 0. The predicted molar refractivity (Wildman–Crippen MR) is 77.1 cm³/mol. The second kappa shape index (κ2) is 5.68. The van der Waals surface area contributed by atoms with Gasteiger partial charge in [0.1, 0.15) is 0 Å². The Morgan fingerprint density at radius 3 is 3.21 bits per heavy atom. The fourth-order valence-corrected chi connectivity index (χ4v) is 2.95. The van der Waals surface area contributed by atoms with Crippen molar-refractivity contribution >= 4 is 10.9 Å². The summed E-state index contributed by atoms with van der Waals surface area (Å²) in [4.78, 5) is 4.37. The van der Waals surface area contributed by atoms with Gasteiger partial charge in [-0.15, -0.1) is 0 Å². The molecule has 3 heteroatoms. The summed E-state index contributed by atoms with van der Waals surface area (Å²) in [5, 5.41) is 4.47. The van der Waals surface area contributed by atoms with Gasteiger partial charge in [-0.3, -0.25) is 4.98 Å². The molecule has 1 N–H and O–H groups in total. The smallest absolute Gasteiger partial charge is 0.0865 e. The maximum atomic E-state index is 6.02. The Hall–Kier alpha value is -1.45. The largest absolute Gasteiger partial charge is 0.373 e. The number of hydrogen-bond acceptors (Lipinski definition) is 3. The highest BCUT2D eigenvalue weighted by atomic mass is 16.5. The molecule has 0 aliphatic carbocycles. The van der Waals surface area contributed by atoms with Crippen molar-refractivity contribution in [3.63, 3.8) is 0 Å². The fraction of sp³-hybridized carbons (Fsp3) is 0.438. The summed E-state index contributed by atoms with van der Waals surface area (Å²) in [5.41, 5.74) is 2.33. The zero-order valence-electron chi connectivity index (χ0n) is 11.3. The molecule has 1 aliphatic heterocycles.